The van der Waals surface area contributed by atoms with E-state index < -0.39 is 0 Å². The number of nitrogens with one attached hydrogen (secondary N) is 2. The number of anilines is 1. The van der Waals surface area contributed by atoms with Crippen molar-refractivity contribution in [2.24, 2.45) is 0 Å². The van der Waals surface area contributed by atoms with Gasteiger partial charge in [-0.25, -0.2) is 4.98 Å². The molecule has 0 spiro atoms. The summed E-state index contributed by atoms with van der Waals surface area (Å²) in [6.45, 7) is 0.934. The van der Waals surface area contributed by atoms with Gasteiger partial charge in [-0.05, 0) is 37.6 Å². The average Bonchev–Trinajstić information content (AvgIpc) is 2.94. The molecule has 2 heterocycles. The minimum atomic E-state index is -0.0452. The molecular weight excluding hydrogens is 240 g/mol. The SMILES string of the molecule is CN(C(=O)C1CCCCN1)c1ccc2nc[nH]c2c1. The van der Waals surface area contributed by atoms with Gasteiger partial charge in [0.25, 0.3) is 0 Å². The Bertz CT molecular complexity index is 586. The third kappa shape index (κ3) is 2.33. The number of aromatic nitrogens is 2. The Morgan fingerprint density at radius 2 is 2.32 bits per heavy atom. The lowest BCUT2D eigenvalue weighted by Crippen LogP contribution is -2.47. The number of nitrogens with zero attached hydrogens (tertiary/aromatic N) is 2. The van der Waals surface area contributed by atoms with Gasteiger partial charge in [-0.1, -0.05) is 6.42 Å². The molecule has 0 aliphatic carbocycles. The van der Waals surface area contributed by atoms with Gasteiger partial charge in [0, 0.05) is 12.7 Å². The van der Waals surface area contributed by atoms with Crippen LogP contribution in [0, 0.1) is 0 Å². The number of H-pyrrole nitrogens is 1. The van der Waals surface area contributed by atoms with Crippen molar-refractivity contribution >= 4 is 22.6 Å². The molecule has 1 atom stereocenters. The molecule has 0 radical (unpaired) electrons. The fourth-order valence-corrected chi connectivity index (χ4v) is 2.56. The number of carbonyl (C=O) groups is 1. The molecule has 5 heteroatoms. The molecule has 3 rings (SSSR count). The van der Waals surface area contributed by atoms with Crippen LogP contribution >= 0.6 is 0 Å². The quantitative estimate of drug-likeness (QED) is 0.861. The highest BCUT2D eigenvalue weighted by atomic mass is 16.2. The Hall–Kier alpha value is -1.88. The van der Waals surface area contributed by atoms with Crippen LogP contribution in [0.25, 0.3) is 11.0 Å². The van der Waals surface area contributed by atoms with Crippen LogP contribution in [0.2, 0.25) is 0 Å². The first-order valence-corrected chi connectivity index (χ1v) is 6.70. The van der Waals surface area contributed by atoms with E-state index in [1.807, 2.05) is 25.2 Å². The van der Waals surface area contributed by atoms with E-state index in [9.17, 15) is 4.79 Å². The Kier molecular flexibility index (Phi) is 3.21. The van der Waals surface area contributed by atoms with Crippen LogP contribution in [0.3, 0.4) is 0 Å². The lowest BCUT2D eigenvalue weighted by molar-refractivity contribution is -0.120. The molecule has 1 amide bonds. The molecule has 2 aromatic rings. The van der Waals surface area contributed by atoms with Crippen LogP contribution < -0.4 is 10.2 Å². The van der Waals surface area contributed by atoms with Gasteiger partial charge in [0.1, 0.15) is 0 Å². The third-order valence-electron chi connectivity index (χ3n) is 3.73. The van der Waals surface area contributed by atoms with E-state index >= 15 is 0 Å². The van der Waals surface area contributed by atoms with Gasteiger partial charge < -0.3 is 15.2 Å². The molecule has 0 bridgehead atoms. The van der Waals surface area contributed by atoms with Crippen molar-refractivity contribution in [1.29, 1.82) is 0 Å². The largest absolute Gasteiger partial charge is 0.345 e. The summed E-state index contributed by atoms with van der Waals surface area (Å²) in [6.07, 6.45) is 4.87. The van der Waals surface area contributed by atoms with Crippen LogP contribution in [-0.2, 0) is 4.79 Å². The fraction of sp³-hybridized carbons (Fsp3) is 0.429. The number of carbonyl (C=O) groups excluding carboxylic acids is 1. The number of benzene rings is 1. The lowest BCUT2D eigenvalue weighted by atomic mass is 10.0. The van der Waals surface area contributed by atoms with Gasteiger partial charge in [0.2, 0.25) is 5.91 Å². The molecule has 1 aromatic carbocycles. The van der Waals surface area contributed by atoms with Gasteiger partial charge in [0.15, 0.2) is 0 Å². The number of fused-ring (bicyclic) bond motifs is 1. The van der Waals surface area contributed by atoms with E-state index in [4.69, 9.17) is 0 Å². The summed E-state index contributed by atoms with van der Waals surface area (Å²) >= 11 is 0. The number of imidazole rings is 1. The number of hydrogen-bond acceptors (Lipinski definition) is 3. The number of aromatic amines is 1. The molecule has 2 N–H and O–H groups in total. The minimum absolute atomic E-state index is 0.0452. The van der Waals surface area contributed by atoms with Crippen LogP contribution in [0.15, 0.2) is 24.5 Å². The summed E-state index contributed by atoms with van der Waals surface area (Å²) in [5, 5.41) is 3.29. The molecule has 1 aliphatic heterocycles. The standard InChI is InChI=1S/C14H18N4O/c1-18(14(19)12-4-2-3-7-15-12)10-5-6-11-13(8-10)17-9-16-11/h5-6,8-9,12,15H,2-4,7H2,1H3,(H,16,17). The van der Waals surface area contributed by atoms with Gasteiger partial charge in [0.05, 0.1) is 23.4 Å². The summed E-state index contributed by atoms with van der Waals surface area (Å²) in [5.74, 6) is 0.138. The monoisotopic (exact) mass is 258 g/mol. The third-order valence-corrected chi connectivity index (χ3v) is 3.73. The summed E-state index contributed by atoms with van der Waals surface area (Å²) in [7, 11) is 1.83. The van der Waals surface area contributed by atoms with Crippen molar-refractivity contribution in [3.8, 4) is 0 Å². The highest BCUT2D eigenvalue weighted by Crippen LogP contribution is 2.20. The van der Waals surface area contributed by atoms with E-state index in [0.29, 0.717) is 0 Å². The summed E-state index contributed by atoms with van der Waals surface area (Å²) in [4.78, 5) is 21.4. The topological polar surface area (TPSA) is 61.0 Å². The molecule has 0 saturated carbocycles. The molecule has 1 aromatic heterocycles. The highest BCUT2D eigenvalue weighted by molar-refractivity contribution is 5.98. The molecule has 1 aliphatic rings. The lowest BCUT2D eigenvalue weighted by Gasteiger charge is -2.27. The zero-order valence-corrected chi connectivity index (χ0v) is 11.0. The fourth-order valence-electron chi connectivity index (χ4n) is 2.56. The highest BCUT2D eigenvalue weighted by Gasteiger charge is 2.24. The van der Waals surface area contributed by atoms with Gasteiger partial charge >= 0.3 is 0 Å². The molecule has 5 nitrogen and oxygen atoms in total. The Morgan fingerprint density at radius 3 is 3.11 bits per heavy atom. The smallest absolute Gasteiger partial charge is 0.243 e. The predicted octanol–water partition coefficient (Wildman–Crippen LogP) is 1.67. The summed E-state index contributed by atoms with van der Waals surface area (Å²) in [5.41, 5.74) is 2.77. The normalized spacial score (nSPS) is 19.5. The van der Waals surface area contributed by atoms with Crippen molar-refractivity contribution in [3.63, 3.8) is 0 Å². The summed E-state index contributed by atoms with van der Waals surface area (Å²) in [6, 6.07) is 5.78. The second kappa shape index (κ2) is 5.01. The average molecular weight is 258 g/mol. The molecule has 19 heavy (non-hydrogen) atoms. The van der Waals surface area contributed by atoms with E-state index in [1.54, 1.807) is 11.2 Å². The van der Waals surface area contributed by atoms with Crippen LogP contribution in [0.4, 0.5) is 5.69 Å². The van der Waals surface area contributed by atoms with Crippen molar-refractivity contribution in [3.05, 3.63) is 24.5 Å². The van der Waals surface area contributed by atoms with E-state index in [-0.39, 0.29) is 11.9 Å². The Labute approximate surface area is 112 Å². The molecule has 1 saturated heterocycles. The Morgan fingerprint density at radius 1 is 1.42 bits per heavy atom. The molecule has 1 fully saturated rings. The van der Waals surface area contributed by atoms with Crippen LogP contribution in [-0.4, -0.2) is 35.5 Å². The summed E-state index contributed by atoms with van der Waals surface area (Å²) < 4.78 is 0. The van der Waals surface area contributed by atoms with Crippen LogP contribution in [0.5, 0.6) is 0 Å². The van der Waals surface area contributed by atoms with Crippen molar-refractivity contribution in [2.75, 3.05) is 18.5 Å². The van der Waals surface area contributed by atoms with E-state index in [2.05, 4.69) is 15.3 Å². The second-order valence-corrected chi connectivity index (χ2v) is 5.00. The first kappa shape index (κ1) is 12.2. The maximum absolute atomic E-state index is 12.4. The van der Waals surface area contributed by atoms with E-state index in [0.717, 1.165) is 42.5 Å². The number of hydrogen-bond donors (Lipinski definition) is 2. The maximum atomic E-state index is 12.4. The first-order valence-electron chi connectivity index (χ1n) is 6.70. The number of likely N-dealkylation sites (N-methyl/N-ethyl adjacent to an activating group) is 1. The first-order chi connectivity index (χ1) is 9.25. The number of rotatable bonds is 2. The van der Waals surface area contributed by atoms with Crippen molar-refractivity contribution < 1.29 is 4.79 Å². The van der Waals surface area contributed by atoms with Gasteiger partial charge in [-0.2, -0.15) is 0 Å². The van der Waals surface area contributed by atoms with E-state index in [1.165, 1.54) is 0 Å². The molecule has 1 unspecified atom stereocenters. The number of amides is 1. The van der Waals surface area contributed by atoms with Gasteiger partial charge in [-0.15, -0.1) is 0 Å². The maximum Gasteiger partial charge on any atom is 0.243 e. The molecule has 100 valence electrons. The Balaban J connectivity index is 1.81. The van der Waals surface area contributed by atoms with Crippen LogP contribution in [0.1, 0.15) is 19.3 Å². The van der Waals surface area contributed by atoms with Crippen molar-refractivity contribution in [1.82, 2.24) is 15.3 Å². The van der Waals surface area contributed by atoms with Crippen molar-refractivity contribution in [2.45, 2.75) is 25.3 Å². The van der Waals surface area contributed by atoms with Gasteiger partial charge in [-0.3, -0.25) is 4.79 Å². The predicted molar refractivity (Wildman–Crippen MR) is 75.1 cm³/mol. The second-order valence-electron chi connectivity index (χ2n) is 5.00. The minimum Gasteiger partial charge on any atom is -0.345 e. The zero-order valence-electron chi connectivity index (χ0n) is 11.0. The molecular formula is C14H18N4O. The zero-order chi connectivity index (χ0) is 13.2. The number of piperidine rings is 1.